The highest BCUT2D eigenvalue weighted by molar-refractivity contribution is 7.80. The van der Waals surface area contributed by atoms with Crippen LogP contribution in [-0.2, 0) is 29.2 Å². The summed E-state index contributed by atoms with van der Waals surface area (Å²) in [5, 5.41) is 13.9. The van der Waals surface area contributed by atoms with Gasteiger partial charge in [0.25, 0.3) is 0 Å². The lowest BCUT2D eigenvalue weighted by molar-refractivity contribution is -0.155. The van der Waals surface area contributed by atoms with Gasteiger partial charge < -0.3 is 39.8 Å². The van der Waals surface area contributed by atoms with E-state index >= 15 is 0 Å². The van der Waals surface area contributed by atoms with Crippen LogP contribution >= 0.6 is 12.2 Å². The number of carbonyl (C=O) groups is 2. The topological polar surface area (TPSA) is 139 Å². The second kappa shape index (κ2) is 16.9. The number of aliphatic carboxylic acids is 1. The molecule has 2 aromatic rings. The van der Waals surface area contributed by atoms with Crippen LogP contribution in [0.2, 0.25) is 0 Å². The quantitative estimate of drug-likeness (QED) is 0.156. The largest absolute Gasteiger partial charge is 0.497 e. The Kier molecular flexibility index (Phi) is 14.0. The van der Waals surface area contributed by atoms with Crippen molar-refractivity contribution < 1.29 is 38.4 Å². The normalized spacial score (nSPS) is 14.0. The molecule has 226 valence electrons. The third kappa shape index (κ3) is 9.39. The zero-order chi connectivity index (χ0) is 30.3. The number of carboxylic acids is 1. The van der Waals surface area contributed by atoms with Crippen molar-refractivity contribution >= 4 is 29.1 Å². The lowest BCUT2D eigenvalue weighted by atomic mass is 9.57. The number of amides is 1. The van der Waals surface area contributed by atoms with Gasteiger partial charge in [-0.2, -0.15) is 0 Å². The molecule has 0 saturated heterocycles. The average molecular weight is 591 g/mol. The zero-order valence-corrected chi connectivity index (χ0v) is 25.1. The number of nitrogens with two attached hydrogens (primary N) is 1. The van der Waals surface area contributed by atoms with E-state index < -0.39 is 29.1 Å². The molecule has 2 aromatic carbocycles. The van der Waals surface area contributed by atoms with Gasteiger partial charge in [0.05, 0.1) is 62.6 Å². The summed E-state index contributed by atoms with van der Waals surface area (Å²) in [5.41, 5.74) is 4.22. The summed E-state index contributed by atoms with van der Waals surface area (Å²) in [6.45, 7) is 6.10. The van der Waals surface area contributed by atoms with Crippen molar-refractivity contribution in [2.24, 2.45) is 11.1 Å². The zero-order valence-electron chi connectivity index (χ0n) is 24.3. The molecule has 4 N–H and O–H groups in total. The standard InChI is InChI=1S/C30H42N2O8S/c1-22-5-9-25(10-6-22)40-15-13-30(28(34)35,21-26(31)33)29(2,23-7-11-24(37-4)12-8-23)27(41)32-14-16-38-19-20-39-18-17-36-3/h5-12H,13-21H2,1-4H3,(H2,31,33)(H,32,41)(H,34,35). The summed E-state index contributed by atoms with van der Waals surface area (Å²) >= 11 is 5.87. The number of carboxylic acid groups (broad SMARTS) is 1. The van der Waals surface area contributed by atoms with Gasteiger partial charge in [0.15, 0.2) is 0 Å². The molecule has 2 rings (SSSR count). The van der Waals surface area contributed by atoms with E-state index in [1.165, 1.54) is 0 Å². The minimum Gasteiger partial charge on any atom is -0.497 e. The number of nitrogens with one attached hydrogen (secondary N) is 1. The average Bonchev–Trinajstić information content (AvgIpc) is 2.95. The first-order valence-corrected chi connectivity index (χ1v) is 13.8. The number of hydrogen-bond donors (Lipinski definition) is 3. The van der Waals surface area contributed by atoms with Crippen molar-refractivity contribution in [3.8, 4) is 11.5 Å². The molecule has 0 spiro atoms. The number of rotatable bonds is 20. The Bertz CT molecular complexity index is 1110. The fraction of sp³-hybridized carbons (Fsp3) is 0.500. The first-order valence-electron chi connectivity index (χ1n) is 13.4. The van der Waals surface area contributed by atoms with E-state index in [1.807, 2.05) is 31.2 Å². The lowest BCUT2D eigenvalue weighted by Gasteiger charge is -2.46. The molecule has 0 aliphatic rings. The lowest BCUT2D eigenvalue weighted by Crippen LogP contribution is -2.59. The number of benzene rings is 2. The van der Waals surface area contributed by atoms with Crippen LogP contribution in [0.15, 0.2) is 48.5 Å². The highest BCUT2D eigenvalue weighted by atomic mass is 32.1. The van der Waals surface area contributed by atoms with Crippen LogP contribution in [0.1, 0.15) is 30.9 Å². The van der Waals surface area contributed by atoms with E-state index in [1.54, 1.807) is 45.4 Å². The highest BCUT2D eigenvalue weighted by Crippen LogP contribution is 2.49. The van der Waals surface area contributed by atoms with E-state index in [0.29, 0.717) is 56.6 Å². The fourth-order valence-electron chi connectivity index (χ4n) is 4.61. The molecule has 10 nitrogen and oxygen atoms in total. The van der Waals surface area contributed by atoms with E-state index in [2.05, 4.69) is 5.32 Å². The number of hydrogen-bond acceptors (Lipinski definition) is 8. The molecular formula is C30H42N2O8S. The van der Waals surface area contributed by atoms with Gasteiger partial charge in [0.2, 0.25) is 5.91 Å². The third-order valence-electron chi connectivity index (χ3n) is 7.12. The summed E-state index contributed by atoms with van der Waals surface area (Å²) in [5.74, 6) is -0.795. The third-order valence-corrected chi connectivity index (χ3v) is 7.67. The molecule has 0 aromatic heterocycles. The van der Waals surface area contributed by atoms with Gasteiger partial charge in [-0.05, 0) is 50.1 Å². The fourth-order valence-corrected chi connectivity index (χ4v) is 5.03. The van der Waals surface area contributed by atoms with Gasteiger partial charge >= 0.3 is 5.97 Å². The summed E-state index contributed by atoms with van der Waals surface area (Å²) in [6.07, 6.45) is -0.502. The van der Waals surface area contributed by atoms with Crippen LogP contribution in [0.3, 0.4) is 0 Å². The number of methoxy groups -OCH3 is 2. The first kappa shape index (κ1) is 34.0. The summed E-state index contributed by atoms with van der Waals surface area (Å²) in [6, 6.07) is 14.4. The SMILES string of the molecule is COCCOCCOCCNC(=S)C(C)(c1ccc(OC)cc1)C(CCOc1ccc(C)cc1)(CC(N)=O)C(=O)O. The van der Waals surface area contributed by atoms with Gasteiger partial charge in [-0.3, -0.25) is 9.59 Å². The molecule has 2 atom stereocenters. The Hall–Kier alpha value is -3.25. The van der Waals surface area contributed by atoms with Crippen molar-refractivity contribution in [3.63, 3.8) is 0 Å². The predicted octanol–water partition coefficient (Wildman–Crippen LogP) is 3.27. The minimum absolute atomic E-state index is 0.0170. The number of primary amides is 1. The molecule has 0 radical (unpaired) electrons. The Balaban J connectivity index is 2.33. The van der Waals surface area contributed by atoms with Crippen LogP contribution in [0.25, 0.3) is 0 Å². The Morgan fingerprint density at radius 3 is 2.05 bits per heavy atom. The van der Waals surface area contributed by atoms with Crippen molar-refractivity contribution in [1.29, 1.82) is 0 Å². The molecule has 0 aliphatic carbocycles. The number of ether oxygens (including phenoxy) is 5. The molecule has 0 heterocycles. The smallest absolute Gasteiger partial charge is 0.311 e. The maximum Gasteiger partial charge on any atom is 0.311 e. The number of aryl methyl sites for hydroxylation is 1. The second-order valence-corrected chi connectivity index (χ2v) is 10.2. The predicted molar refractivity (Wildman–Crippen MR) is 160 cm³/mol. The molecule has 11 heteroatoms. The number of thiocarbonyl (C=S) groups is 1. The molecule has 0 bridgehead atoms. The van der Waals surface area contributed by atoms with Crippen LogP contribution in [-0.4, -0.2) is 82.4 Å². The van der Waals surface area contributed by atoms with E-state index in [9.17, 15) is 14.7 Å². The van der Waals surface area contributed by atoms with E-state index in [-0.39, 0.29) is 18.0 Å². The van der Waals surface area contributed by atoms with E-state index in [4.69, 9.17) is 41.6 Å². The van der Waals surface area contributed by atoms with Crippen molar-refractivity contribution in [2.45, 2.75) is 32.1 Å². The Morgan fingerprint density at radius 2 is 1.49 bits per heavy atom. The Morgan fingerprint density at radius 1 is 0.902 bits per heavy atom. The van der Waals surface area contributed by atoms with Gasteiger partial charge in [0.1, 0.15) is 11.5 Å². The maximum absolute atomic E-state index is 13.2. The van der Waals surface area contributed by atoms with Crippen LogP contribution < -0.4 is 20.5 Å². The van der Waals surface area contributed by atoms with Crippen LogP contribution in [0.5, 0.6) is 11.5 Å². The maximum atomic E-state index is 13.2. The summed E-state index contributed by atoms with van der Waals surface area (Å²) < 4.78 is 27.2. The molecule has 0 fully saturated rings. The molecule has 41 heavy (non-hydrogen) atoms. The monoisotopic (exact) mass is 590 g/mol. The van der Waals surface area contributed by atoms with Crippen LogP contribution in [0, 0.1) is 12.3 Å². The first-order chi connectivity index (χ1) is 19.6. The van der Waals surface area contributed by atoms with E-state index in [0.717, 1.165) is 5.56 Å². The molecule has 0 aliphatic heterocycles. The summed E-state index contributed by atoms with van der Waals surface area (Å²) in [7, 11) is 3.15. The van der Waals surface area contributed by atoms with Crippen LogP contribution in [0.4, 0.5) is 0 Å². The van der Waals surface area contributed by atoms with Gasteiger partial charge in [-0.15, -0.1) is 0 Å². The molecule has 1 amide bonds. The molecular weight excluding hydrogens is 548 g/mol. The minimum atomic E-state index is -1.74. The Labute approximate surface area is 247 Å². The second-order valence-electron chi connectivity index (χ2n) is 9.77. The summed E-state index contributed by atoms with van der Waals surface area (Å²) in [4.78, 5) is 25.8. The van der Waals surface area contributed by atoms with Crippen molar-refractivity contribution in [2.75, 3.05) is 60.4 Å². The van der Waals surface area contributed by atoms with Gasteiger partial charge in [0, 0.05) is 20.1 Å². The van der Waals surface area contributed by atoms with Gasteiger partial charge in [-0.1, -0.05) is 42.0 Å². The molecule has 0 saturated carbocycles. The van der Waals surface area contributed by atoms with Gasteiger partial charge in [-0.25, -0.2) is 0 Å². The van der Waals surface area contributed by atoms with Crippen molar-refractivity contribution in [3.05, 3.63) is 59.7 Å². The van der Waals surface area contributed by atoms with Crippen molar-refractivity contribution in [1.82, 2.24) is 5.32 Å². The number of carbonyl (C=O) groups excluding carboxylic acids is 1. The molecule has 2 unspecified atom stereocenters. The highest BCUT2D eigenvalue weighted by Gasteiger charge is 2.58.